The third-order valence-corrected chi connectivity index (χ3v) is 3.49. The third kappa shape index (κ3) is 4.05. The molecule has 0 saturated heterocycles. The normalized spacial score (nSPS) is 17.4. The van der Waals surface area contributed by atoms with Gasteiger partial charge < -0.3 is 20.5 Å². The second-order valence-electron chi connectivity index (χ2n) is 5.10. The summed E-state index contributed by atoms with van der Waals surface area (Å²) in [5.41, 5.74) is 2.01. The Kier molecular flexibility index (Phi) is 4.92. The van der Waals surface area contributed by atoms with Crippen LogP contribution in [-0.2, 0) is 20.8 Å². The lowest BCUT2D eigenvalue weighted by molar-refractivity contribution is -0.137. The van der Waals surface area contributed by atoms with E-state index in [-0.39, 0.29) is 18.4 Å². The summed E-state index contributed by atoms with van der Waals surface area (Å²) in [6, 6.07) is 6.66. The van der Waals surface area contributed by atoms with Crippen LogP contribution in [0.25, 0.3) is 0 Å². The summed E-state index contributed by atoms with van der Waals surface area (Å²) in [6.45, 7) is 0. The van der Waals surface area contributed by atoms with Gasteiger partial charge in [0, 0.05) is 18.5 Å². The van der Waals surface area contributed by atoms with Crippen LogP contribution >= 0.6 is 0 Å². The number of carbonyl (C=O) groups is 3. The number of carbonyl (C=O) groups excluding carboxylic acids is 2. The van der Waals surface area contributed by atoms with Gasteiger partial charge in [-0.05, 0) is 24.5 Å². The molecule has 0 aliphatic carbocycles. The molecular weight excluding hydrogens is 272 g/mol. The Morgan fingerprint density at radius 2 is 2.19 bits per heavy atom. The zero-order valence-electron chi connectivity index (χ0n) is 11.5. The molecule has 1 heterocycles. The summed E-state index contributed by atoms with van der Waals surface area (Å²) in [7, 11) is 0. The average Bonchev–Trinajstić information content (AvgIpc) is 2.89. The SMILES string of the molecule is O=CC(CCCC(=O)O)NC(=O)C1Cc2ccccc2N1. The number of hydrogen-bond donors (Lipinski definition) is 3. The van der Waals surface area contributed by atoms with E-state index >= 15 is 0 Å². The third-order valence-electron chi connectivity index (χ3n) is 3.49. The lowest BCUT2D eigenvalue weighted by Crippen LogP contribution is -2.44. The van der Waals surface area contributed by atoms with Crippen LogP contribution in [0.5, 0.6) is 0 Å². The Balaban J connectivity index is 1.84. The molecule has 0 radical (unpaired) electrons. The van der Waals surface area contributed by atoms with Crippen molar-refractivity contribution in [2.75, 3.05) is 5.32 Å². The molecule has 3 N–H and O–H groups in total. The minimum atomic E-state index is -0.904. The van der Waals surface area contributed by atoms with Gasteiger partial charge in [-0.25, -0.2) is 0 Å². The van der Waals surface area contributed by atoms with Crippen LogP contribution in [0.4, 0.5) is 5.69 Å². The quantitative estimate of drug-likeness (QED) is 0.650. The molecule has 2 rings (SSSR count). The Labute approximate surface area is 122 Å². The highest BCUT2D eigenvalue weighted by Crippen LogP contribution is 2.25. The highest BCUT2D eigenvalue weighted by molar-refractivity contribution is 5.89. The van der Waals surface area contributed by atoms with E-state index in [1.807, 2.05) is 24.3 Å². The number of hydrogen-bond acceptors (Lipinski definition) is 4. The zero-order valence-corrected chi connectivity index (χ0v) is 11.5. The first kappa shape index (κ1) is 15.0. The number of anilines is 1. The summed E-state index contributed by atoms with van der Waals surface area (Å²) in [4.78, 5) is 33.5. The first-order valence-corrected chi connectivity index (χ1v) is 6.92. The molecule has 2 unspecified atom stereocenters. The first-order chi connectivity index (χ1) is 10.1. The number of aliphatic carboxylic acids is 1. The topological polar surface area (TPSA) is 95.5 Å². The Morgan fingerprint density at radius 3 is 2.86 bits per heavy atom. The first-order valence-electron chi connectivity index (χ1n) is 6.92. The van der Waals surface area contributed by atoms with E-state index in [4.69, 9.17) is 5.11 Å². The molecule has 1 amide bonds. The van der Waals surface area contributed by atoms with E-state index in [2.05, 4.69) is 10.6 Å². The fourth-order valence-electron chi connectivity index (χ4n) is 2.39. The predicted molar refractivity (Wildman–Crippen MR) is 77.0 cm³/mol. The highest BCUT2D eigenvalue weighted by atomic mass is 16.4. The van der Waals surface area contributed by atoms with Crippen molar-refractivity contribution >= 4 is 23.9 Å². The van der Waals surface area contributed by atoms with Crippen LogP contribution in [0, 0.1) is 0 Å². The molecule has 0 spiro atoms. The minimum absolute atomic E-state index is 0.00662. The molecule has 0 bridgehead atoms. The van der Waals surface area contributed by atoms with Crippen molar-refractivity contribution in [1.29, 1.82) is 0 Å². The van der Waals surface area contributed by atoms with Crippen molar-refractivity contribution < 1.29 is 19.5 Å². The second kappa shape index (κ2) is 6.88. The Hall–Kier alpha value is -2.37. The maximum absolute atomic E-state index is 12.1. The highest BCUT2D eigenvalue weighted by Gasteiger charge is 2.27. The number of para-hydroxylation sites is 1. The number of aldehydes is 1. The standard InChI is InChI=1S/C15H18N2O4/c18-9-11(5-3-7-14(19)20)16-15(21)13-8-10-4-1-2-6-12(10)17-13/h1-2,4,6,9,11,13,17H,3,5,7-8H2,(H,16,21)(H,19,20). The van der Waals surface area contributed by atoms with E-state index in [0.717, 1.165) is 11.3 Å². The monoisotopic (exact) mass is 290 g/mol. The number of carboxylic acids is 1. The van der Waals surface area contributed by atoms with Crippen molar-refractivity contribution in [2.45, 2.75) is 37.8 Å². The molecule has 0 aromatic heterocycles. The van der Waals surface area contributed by atoms with Crippen LogP contribution < -0.4 is 10.6 Å². The van der Waals surface area contributed by atoms with Gasteiger partial charge in [0.2, 0.25) is 5.91 Å². The second-order valence-corrected chi connectivity index (χ2v) is 5.10. The number of fused-ring (bicyclic) bond motifs is 1. The van der Waals surface area contributed by atoms with Gasteiger partial charge in [-0.2, -0.15) is 0 Å². The molecule has 0 fully saturated rings. The van der Waals surface area contributed by atoms with Crippen molar-refractivity contribution in [3.05, 3.63) is 29.8 Å². The Morgan fingerprint density at radius 1 is 1.43 bits per heavy atom. The zero-order chi connectivity index (χ0) is 15.2. The number of nitrogens with one attached hydrogen (secondary N) is 2. The number of amides is 1. The summed E-state index contributed by atoms with van der Waals surface area (Å²) in [6.07, 6.45) is 1.93. The molecule has 2 atom stereocenters. The molecule has 1 aliphatic heterocycles. The lowest BCUT2D eigenvalue weighted by atomic mass is 10.1. The number of rotatable bonds is 7. The smallest absolute Gasteiger partial charge is 0.303 e. The lowest BCUT2D eigenvalue weighted by Gasteiger charge is -2.16. The number of benzene rings is 1. The van der Waals surface area contributed by atoms with Gasteiger partial charge in [0.25, 0.3) is 0 Å². The van der Waals surface area contributed by atoms with Crippen LogP contribution in [0.2, 0.25) is 0 Å². The van der Waals surface area contributed by atoms with Crippen molar-refractivity contribution in [2.24, 2.45) is 0 Å². The van der Waals surface area contributed by atoms with Crippen molar-refractivity contribution in [3.8, 4) is 0 Å². The van der Waals surface area contributed by atoms with Gasteiger partial charge in [0.1, 0.15) is 12.3 Å². The Bertz CT molecular complexity index is 519. The fourth-order valence-corrected chi connectivity index (χ4v) is 2.39. The van der Waals surface area contributed by atoms with Crippen molar-refractivity contribution in [3.63, 3.8) is 0 Å². The van der Waals surface area contributed by atoms with Crippen molar-refractivity contribution in [1.82, 2.24) is 5.32 Å². The van der Waals surface area contributed by atoms with E-state index in [1.165, 1.54) is 0 Å². The van der Waals surface area contributed by atoms with Gasteiger partial charge in [-0.3, -0.25) is 9.59 Å². The molecule has 6 heteroatoms. The van der Waals surface area contributed by atoms with E-state index in [1.54, 1.807) is 0 Å². The largest absolute Gasteiger partial charge is 0.481 e. The molecule has 6 nitrogen and oxygen atoms in total. The van der Waals surface area contributed by atoms with Gasteiger partial charge in [-0.15, -0.1) is 0 Å². The molecule has 1 aromatic carbocycles. The maximum atomic E-state index is 12.1. The van der Waals surface area contributed by atoms with Gasteiger partial charge in [-0.1, -0.05) is 18.2 Å². The minimum Gasteiger partial charge on any atom is -0.481 e. The van der Waals surface area contributed by atoms with Gasteiger partial charge >= 0.3 is 5.97 Å². The van der Waals surface area contributed by atoms with E-state index < -0.39 is 12.0 Å². The summed E-state index contributed by atoms with van der Waals surface area (Å²) >= 11 is 0. The van der Waals surface area contributed by atoms with Gasteiger partial charge in [0.15, 0.2) is 0 Å². The van der Waals surface area contributed by atoms with E-state index in [0.29, 0.717) is 25.5 Å². The molecular formula is C15H18N2O4. The number of carboxylic acid groups (broad SMARTS) is 1. The molecule has 21 heavy (non-hydrogen) atoms. The molecule has 112 valence electrons. The average molecular weight is 290 g/mol. The predicted octanol–water partition coefficient (Wildman–Crippen LogP) is 0.962. The summed E-state index contributed by atoms with van der Waals surface area (Å²) in [5, 5.41) is 14.3. The summed E-state index contributed by atoms with van der Waals surface area (Å²) in [5.74, 6) is -1.14. The maximum Gasteiger partial charge on any atom is 0.303 e. The van der Waals surface area contributed by atoms with E-state index in [9.17, 15) is 14.4 Å². The van der Waals surface area contributed by atoms with Crippen LogP contribution in [0.1, 0.15) is 24.8 Å². The van der Waals surface area contributed by atoms with Crippen LogP contribution in [0.3, 0.4) is 0 Å². The molecule has 1 aromatic rings. The van der Waals surface area contributed by atoms with Crippen LogP contribution in [-0.4, -0.2) is 35.4 Å². The fraction of sp³-hybridized carbons (Fsp3) is 0.400. The molecule has 0 saturated carbocycles. The summed E-state index contributed by atoms with van der Waals surface area (Å²) < 4.78 is 0. The van der Waals surface area contributed by atoms with Gasteiger partial charge in [0.05, 0.1) is 6.04 Å². The molecule has 1 aliphatic rings. The van der Waals surface area contributed by atoms with Crippen LogP contribution in [0.15, 0.2) is 24.3 Å².